The molecule has 0 atom stereocenters. The van der Waals surface area contributed by atoms with Crippen molar-refractivity contribution < 1.29 is 22.7 Å². The van der Waals surface area contributed by atoms with E-state index in [1.807, 2.05) is 5.32 Å². The van der Waals surface area contributed by atoms with Gasteiger partial charge in [-0.2, -0.15) is 0 Å². The van der Waals surface area contributed by atoms with Gasteiger partial charge in [0, 0.05) is 0 Å². The molecule has 0 unspecified atom stereocenters. The topological polar surface area (TPSA) is 38.3 Å². The van der Waals surface area contributed by atoms with Crippen molar-refractivity contribution in [1.82, 2.24) is 0 Å². The summed E-state index contributed by atoms with van der Waals surface area (Å²) in [6.45, 7) is -0.561. The van der Waals surface area contributed by atoms with Crippen LogP contribution in [0.15, 0.2) is 42.5 Å². The number of hydrogen-bond donors (Lipinski definition) is 1. The molecule has 20 heavy (non-hydrogen) atoms. The quantitative estimate of drug-likeness (QED) is 0.935. The van der Waals surface area contributed by atoms with Crippen molar-refractivity contribution in [3.63, 3.8) is 0 Å². The van der Waals surface area contributed by atoms with Gasteiger partial charge in [0.15, 0.2) is 18.2 Å². The third-order valence-electron chi connectivity index (χ3n) is 2.42. The fourth-order valence-electron chi connectivity index (χ4n) is 1.50. The van der Waals surface area contributed by atoms with Crippen LogP contribution >= 0.6 is 0 Å². The van der Waals surface area contributed by atoms with E-state index in [2.05, 4.69) is 0 Å². The second kappa shape index (κ2) is 6.10. The van der Waals surface area contributed by atoms with Crippen molar-refractivity contribution in [2.24, 2.45) is 0 Å². The molecular formula is C14H10F3NO2. The largest absolute Gasteiger partial charge is 0.481 e. The fraction of sp³-hybridized carbons (Fsp3) is 0.0714. The molecule has 2 rings (SSSR count). The SMILES string of the molecule is O=C(COc1ccccc1F)Nc1c(F)cccc1F. The van der Waals surface area contributed by atoms with Crippen LogP contribution in [0.5, 0.6) is 5.75 Å². The number of rotatable bonds is 4. The van der Waals surface area contributed by atoms with E-state index >= 15 is 0 Å². The van der Waals surface area contributed by atoms with Crippen molar-refractivity contribution in [2.45, 2.75) is 0 Å². The number of carbonyl (C=O) groups is 1. The summed E-state index contributed by atoms with van der Waals surface area (Å²) in [4.78, 5) is 11.5. The fourth-order valence-corrected chi connectivity index (χ4v) is 1.50. The zero-order chi connectivity index (χ0) is 14.5. The standard InChI is InChI=1S/C14H10F3NO2/c15-9-4-1-2-7-12(9)20-8-13(19)18-14-10(16)5-3-6-11(14)17/h1-7H,8H2,(H,18,19). The molecule has 0 heterocycles. The second-order valence-corrected chi connectivity index (χ2v) is 3.86. The van der Waals surface area contributed by atoms with E-state index in [4.69, 9.17) is 4.74 Å². The van der Waals surface area contributed by atoms with Gasteiger partial charge in [-0.15, -0.1) is 0 Å². The van der Waals surface area contributed by atoms with Gasteiger partial charge in [-0.1, -0.05) is 18.2 Å². The van der Waals surface area contributed by atoms with Crippen LogP contribution < -0.4 is 10.1 Å². The van der Waals surface area contributed by atoms with Gasteiger partial charge in [0.25, 0.3) is 5.91 Å². The van der Waals surface area contributed by atoms with Gasteiger partial charge in [-0.05, 0) is 24.3 Å². The number of amides is 1. The Kier molecular flexibility index (Phi) is 4.24. The lowest BCUT2D eigenvalue weighted by molar-refractivity contribution is -0.118. The Bertz CT molecular complexity index is 611. The first-order valence-electron chi connectivity index (χ1n) is 5.69. The molecule has 0 spiro atoms. The minimum Gasteiger partial charge on any atom is -0.481 e. The van der Waals surface area contributed by atoms with Crippen LogP contribution in [0.1, 0.15) is 0 Å². The van der Waals surface area contributed by atoms with Crippen LogP contribution in [-0.2, 0) is 4.79 Å². The first kappa shape index (κ1) is 13.9. The Morgan fingerprint density at radius 3 is 2.20 bits per heavy atom. The zero-order valence-electron chi connectivity index (χ0n) is 10.2. The number of carbonyl (C=O) groups excluding carboxylic acids is 1. The van der Waals surface area contributed by atoms with Crippen LogP contribution in [0.3, 0.4) is 0 Å². The molecule has 2 aromatic carbocycles. The van der Waals surface area contributed by atoms with Gasteiger partial charge in [-0.3, -0.25) is 4.79 Å². The molecule has 1 amide bonds. The van der Waals surface area contributed by atoms with E-state index in [1.54, 1.807) is 0 Å². The number of benzene rings is 2. The minimum absolute atomic E-state index is 0.114. The Balaban J connectivity index is 1.98. The summed E-state index contributed by atoms with van der Waals surface area (Å²) >= 11 is 0. The number of halogens is 3. The lowest BCUT2D eigenvalue weighted by Gasteiger charge is -2.09. The number of ether oxygens (including phenoxy) is 1. The van der Waals surface area contributed by atoms with Gasteiger partial charge < -0.3 is 10.1 Å². The number of hydrogen-bond acceptors (Lipinski definition) is 2. The van der Waals surface area contributed by atoms with Crippen molar-refractivity contribution in [1.29, 1.82) is 0 Å². The highest BCUT2D eigenvalue weighted by Crippen LogP contribution is 2.18. The molecule has 2 aromatic rings. The van der Waals surface area contributed by atoms with Gasteiger partial charge in [0.2, 0.25) is 0 Å². The highest BCUT2D eigenvalue weighted by atomic mass is 19.1. The van der Waals surface area contributed by atoms with Crippen molar-refractivity contribution in [3.05, 3.63) is 59.9 Å². The summed E-state index contributed by atoms with van der Waals surface area (Å²) in [6, 6.07) is 8.71. The third-order valence-corrected chi connectivity index (χ3v) is 2.42. The van der Waals surface area contributed by atoms with Crippen LogP contribution in [-0.4, -0.2) is 12.5 Å². The Morgan fingerprint density at radius 1 is 0.950 bits per heavy atom. The van der Waals surface area contributed by atoms with Gasteiger partial charge in [-0.25, -0.2) is 13.2 Å². The summed E-state index contributed by atoms with van der Waals surface area (Å²) in [5.41, 5.74) is -0.561. The molecular weight excluding hydrogens is 271 g/mol. The maximum atomic E-state index is 13.3. The molecule has 0 saturated heterocycles. The Hall–Kier alpha value is -2.50. The smallest absolute Gasteiger partial charge is 0.262 e. The van der Waals surface area contributed by atoms with E-state index in [9.17, 15) is 18.0 Å². The number of para-hydroxylation sites is 2. The summed E-state index contributed by atoms with van der Waals surface area (Å²) < 4.78 is 44.7. The van der Waals surface area contributed by atoms with Crippen molar-refractivity contribution in [3.8, 4) is 5.75 Å². The Morgan fingerprint density at radius 2 is 1.55 bits per heavy atom. The maximum Gasteiger partial charge on any atom is 0.262 e. The highest BCUT2D eigenvalue weighted by Gasteiger charge is 2.12. The zero-order valence-corrected chi connectivity index (χ0v) is 10.2. The molecule has 0 aromatic heterocycles. The maximum absolute atomic E-state index is 13.3. The lowest BCUT2D eigenvalue weighted by atomic mass is 10.3. The second-order valence-electron chi connectivity index (χ2n) is 3.86. The van der Waals surface area contributed by atoms with Crippen molar-refractivity contribution >= 4 is 11.6 Å². The molecule has 3 nitrogen and oxygen atoms in total. The predicted molar refractivity (Wildman–Crippen MR) is 66.9 cm³/mol. The van der Waals surface area contributed by atoms with E-state index in [-0.39, 0.29) is 5.75 Å². The monoisotopic (exact) mass is 281 g/mol. The van der Waals surface area contributed by atoms with E-state index in [0.717, 1.165) is 12.1 Å². The Labute approximate surface area is 113 Å². The first-order chi connectivity index (χ1) is 9.58. The summed E-state index contributed by atoms with van der Waals surface area (Å²) in [5, 5.41) is 2.03. The van der Waals surface area contributed by atoms with Gasteiger partial charge in [0.05, 0.1) is 0 Å². The van der Waals surface area contributed by atoms with Crippen LogP contribution in [0.25, 0.3) is 0 Å². The van der Waals surface area contributed by atoms with E-state index in [0.29, 0.717) is 0 Å². The minimum atomic E-state index is -0.899. The lowest BCUT2D eigenvalue weighted by Crippen LogP contribution is -2.21. The van der Waals surface area contributed by atoms with Crippen LogP contribution in [0, 0.1) is 17.5 Å². The molecule has 6 heteroatoms. The summed E-state index contributed by atoms with van der Waals surface area (Å²) in [5.74, 6) is -3.33. The highest BCUT2D eigenvalue weighted by molar-refractivity contribution is 5.92. The number of nitrogens with one attached hydrogen (secondary N) is 1. The molecule has 0 aliphatic carbocycles. The summed E-state index contributed by atoms with van der Waals surface area (Å²) in [6.07, 6.45) is 0. The molecule has 0 aliphatic rings. The van der Waals surface area contributed by atoms with Crippen molar-refractivity contribution in [2.75, 3.05) is 11.9 Å². The average Bonchev–Trinajstić information content (AvgIpc) is 2.42. The molecule has 0 bridgehead atoms. The predicted octanol–water partition coefficient (Wildman–Crippen LogP) is 3.12. The van der Waals surface area contributed by atoms with Crippen LogP contribution in [0.4, 0.5) is 18.9 Å². The molecule has 0 saturated carbocycles. The molecule has 0 aliphatic heterocycles. The molecule has 0 radical (unpaired) electrons. The summed E-state index contributed by atoms with van der Waals surface area (Å²) in [7, 11) is 0. The number of anilines is 1. The average molecular weight is 281 g/mol. The van der Waals surface area contributed by atoms with E-state index in [1.165, 1.54) is 30.3 Å². The first-order valence-corrected chi connectivity index (χ1v) is 5.69. The van der Waals surface area contributed by atoms with Gasteiger partial charge >= 0.3 is 0 Å². The normalized spacial score (nSPS) is 10.2. The van der Waals surface area contributed by atoms with E-state index < -0.39 is 35.7 Å². The van der Waals surface area contributed by atoms with Gasteiger partial charge in [0.1, 0.15) is 17.3 Å². The van der Waals surface area contributed by atoms with Crippen LogP contribution in [0.2, 0.25) is 0 Å². The molecule has 104 valence electrons. The molecule has 1 N–H and O–H groups in total. The molecule has 0 fully saturated rings. The third kappa shape index (κ3) is 3.28.